The molecule has 1 atom stereocenters. The van der Waals surface area contributed by atoms with Gasteiger partial charge in [-0.1, -0.05) is 11.3 Å². The quantitative estimate of drug-likeness (QED) is 0.731. The number of nitrogens with one attached hydrogen (secondary N) is 1. The molecule has 3 heterocycles. The molecule has 1 unspecified atom stereocenters. The number of carbonyl (C=O) groups is 1. The maximum absolute atomic E-state index is 11.7. The van der Waals surface area contributed by atoms with Crippen molar-refractivity contribution in [2.24, 2.45) is 0 Å². The average Bonchev–Trinajstić information content (AvgIpc) is 2.81. The SMILES string of the molecule is O=C1CC(S)CN1c1nc2c(s1)CNCC2. The monoisotopic (exact) mass is 255 g/mol. The first-order chi connectivity index (χ1) is 7.74. The Balaban J connectivity index is 1.89. The lowest BCUT2D eigenvalue weighted by molar-refractivity contribution is -0.117. The summed E-state index contributed by atoms with van der Waals surface area (Å²) < 4.78 is 0. The Labute approximate surface area is 103 Å². The number of anilines is 1. The van der Waals surface area contributed by atoms with Crippen molar-refractivity contribution in [2.45, 2.75) is 24.6 Å². The van der Waals surface area contributed by atoms with E-state index in [1.807, 2.05) is 0 Å². The van der Waals surface area contributed by atoms with Gasteiger partial charge in [0.1, 0.15) is 0 Å². The second-order valence-corrected chi connectivity index (χ2v) is 5.95. The van der Waals surface area contributed by atoms with Gasteiger partial charge in [0.15, 0.2) is 5.13 Å². The van der Waals surface area contributed by atoms with Gasteiger partial charge in [0.2, 0.25) is 5.91 Å². The molecule has 1 aromatic rings. The van der Waals surface area contributed by atoms with Crippen LogP contribution in [-0.4, -0.2) is 29.2 Å². The highest BCUT2D eigenvalue weighted by molar-refractivity contribution is 7.81. The lowest BCUT2D eigenvalue weighted by Gasteiger charge is -2.10. The first kappa shape index (κ1) is 10.6. The van der Waals surface area contributed by atoms with Gasteiger partial charge < -0.3 is 5.32 Å². The zero-order valence-corrected chi connectivity index (χ0v) is 10.5. The molecule has 3 rings (SSSR count). The van der Waals surface area contributed by atoms with E-state index in [2.05, 4.69) is 22.9 Å². The van der Waals surface area contributed by atoms with Crippen molar-refractivity contribution in [3.05, 3.63) is 10.6 Å². The molecular weight excluding hydrogens is 242 g/mol. The molecule has 1 aromatic heterocycles. The van der Waals surface area contributed by atoms with Gasteiger partial charge >= 0.3 is 0 Å². The molecule has 86 valence electrons. The number of amides is 1. The second kappa shape index (κ2) is 4.01. The maximum Gasteiger partial charge on any atom is 0.229 e. The number of fused-ring (bicyclic) bond motifs is 1. The Morgan fingerprint density at radius 3 is 3.12 bits per heavy atom. The highest BCUT2D eigenvalue weighted by Crippen LogP contribution is 2.31. The van der Waals surface area contributed by atoms with Crippen LogP contribution in [0.4, 0.5) is 5.13 Å². The van der Waals surface area contributed by atoms with Crippen LogP contribution >= 0.6 is 24.0 Å². The smallest absolute Gasteiger partial charge is 0.229 e. The van der Waals surface area contributed by atoms with Gasteiger partial charge in [-0.25, -0.2) is 4.98 Å². The van der Waals surface area contributed by atoms with E-state index < -0.39 is 0 Å². The number of rotatable bonds is 1. The summed E-state index contributed by atoms with van der Waals surface area (Å²) in [6, 6.07) is 0. The minimum atomic E-state index is 0.152. The number of nitrogens with zero attached hydrogens (tertiary/aromatic N) is 2. The summed E-state index contributed by atoms with van der Waals surface area (Å²) in [5.41, 5.74) is 1.16. The molecule has 16 heavy (non-hydrogen) atoms. The molecule has 0 saturated carbocycles. The van der Waals surface area contributed by atoms with Crippen LogP contribution in [0, 0.1) is 0 Å². The summed E-state index contributed by atoms with van der Waals surface area (Å²) in [7, 11) is 0. The van der Waals surface area contributed by atoms with Gasteiger partial charge in [-0.15, -0.1) is 0 Å². The third-order valence-electron chi connectivity index (χ3n) is 2.93. The predicted molar refractivity (Wildman–Crippen MR) is 67.3 cm³/mol. The number of thiazole rings is 1. The Hall–Kier alpha value is -0.590. The molecule has 1 N–H and O–H groups in total. The van der Waals surface area contributed by atoms with Crippen molar-refractivity contribution >= 4 is 35.0 Å². The number of hydrogen-bond acceptors (Lipinski definition) is 5. The summed E-state index contributed by atoms with van der Waals surface area (Å²) in [6.45, 7) is 2.57. The minimum Gasteiger partial charge on any atom is -0.311 e. The van der Waals surface area contributed by atoms with E-state index in [4.69, 9.17) is 0 Å². The molecule has 1 amide bonds. The first-order valence-corrected chi connectivity index (χ1v) is 6.75. The van der Waals surface area contributed by atoms with Crippen LogP contribution in [0.1, 0.15) is 17.0 Å². The fourth-order valence-corrected chi connectivity index (χ4v) is 3.52. The van der Waals surface area contributed by atoms with Crippen LogP contribution < -0.4 is 10.2 Å². The largest absolute Gasteiger partial charge is 0.311 e. The lowest BCUT2D eigenvalue weighted by atomic mass is 10.2. The summed E-state index contributed by atoms with van der Waals surface area (Å²) in [4.78, 5) is 19.3. The molecule has 6 heteroatoms. The van der Waals surface area contributed by atoms with Crippen molar-refractivity contribution in [3.63, 3.8) is 0 Å². The number of hydrogen-bond donors (Lipinski definition) is 2. The van der Waals surface area contributed by atoms with E-state index in [0.29, 0.717) is 13.0 Å². The van der Waals surface area contributed by atoms with Gasteiger partial charge in [0.25, 0.3) is 0 Å². The van der Waals surface area contributed by atoms with E-state index in [-0.39, 0.29) is 11.2 Å². The molecule has 1 fully saturated rings. The topological polar surface area (TPSA) is 45.2 Å². The van der Waals surface area contributed by atoms with Crippen molar-refractivity contribution < 1.29 is 4.79 Å². The number of thiol groups is 1. The Morgan fingerprint density at radius 1 is 1.56 bits per heavy atom. The molecule has 2 aliphatic heterocycles. The van der Waals surface area contributed by atoms with E-state index >= 15 is 0 Å². The molecule has 0 bridgehead atoms. The Kier molecular flexibility index (Phi) is 2.65. The zero-order chi connectivity index (χ0) is 11.1. The number of carbonyl (C=O) groups excluding carboxylic acids is 1. The summed E-state index contributed by atoms with van der Waals surface area (Å²) >= 11 is 5.99. The fourth-order valence-electron chi connectivity index (χ4n) is 2.10. The van der Waals surface area contributed by atoms with Gasteiger partial charge in [-0.2, -0.15) is 12.6 Å². The Bertz CT molecular complexity index is 408. The van der Waals surface area contributed by atoms with Gasteiger partial charge in [0, 0.05) is 42.6 Å². The van der Waals surface area contributed by atoms with Crippen LogP contribution in [0.5, 0.6) is 0 Å². The highest BCUT2D eigenvalue weighted by Gasteiger charge is 2.31. The highest BCUT2D eigenvalue weighted by atomic mass is 32.1. The van der Waals surface area contributed by atoms with Crippen LogP contribution in [0.15, 0.2) is 0 Å². The second-order valence-electron chi connectivity index (χ2n) is 4.16. The summed E-state index contributed by atoms with van der Waals surface area (Å²) in [5, 5.41) is 4.33. The summed E-state index contributed by atoms with van der Waals surface area (Å²) in [5.74, 6) is 0.152. The molecule has 0 radical (unpaired) electrons. The summed E-state index contributed by atoms with van der Waals surface area (Å²) in [6.07, 6.45) is 1.50. The van der Waals surface area contributed by atoms with E-state index in [9.17, 15) is 4.79 Å². The number of aromatic nitrogens is 1. The molecule has 0 aliphatic carbocycles. The van der Waals surface area contributed by atoms with Crippen LogP contribution in [0.25, 0.3) is 0 Å². The zero-order valence-electron chi connectivity index (χ0n) is 8.77. The lowest BCUT2D eigenvalue weighted by Crippen LogP contribution is -2.24. The van der Waals surface area contributed by atoms with E-state index in [0.717, 1.165) is 30.3 Å². The third kappa shape index (κ3) is 1.74. The van der Waals surface area contributed by atoms with Crippen LogP contribution in [-0.2, 0) is 17.8 Å². The van der Waals surface area contributed by atoms with Gasteiger partial charge in [-0.05, 0) is 0 Å². The molecule has 1 saturated heterocycles. The predicted octanol–water partition coefficient (Wildman–Crippen LogP) is 0.824. The van der Waals surface area contributed by atoms with Crippen LogP contribution in [0.2, 0.25) is 0 Å². The average molecular weight is 255 g/mol. The van der Waals surface area contributed by atoms with Crippen molar-refractivity contribution in [1.82, 2.24) is 10.3 Å². The molecule has 2 aliphatic rings. The third-order valence-corrected chi connectivity index (χ3v) is 4.39. The van der Waals surface area contributed by atoms with Crippen molar-refractivity contribution in [3.8, 4) is 0 Å². The molecule has 4 nitrogen and oxygen atoms in total. The Morgan fingerprint density at radius 2 is 2.44 bits per heavy atom. The normalized spacial score (nSPS) is 24.9. The van der Waals surface area contributed by atoms with Gasteiger partial charge in [0.05, 0.1) is 5.69 Å². The van der Waals surface area contributed by atoms with E-state index in [1.165, 1.54) is 4.88 Å². The molecule has 0 aromatic carbocycles. The fraction of sp³-hybridized carbons (Fsp3) is 0.600. The van der Waals surface area contributed by atoms with Crippen molar-refractivity contribution in [1.29, 1.82) is 0 Å². The van der Waals surface area contributed by atoms with E-state index in [1.54, 1.807) is 16.2 Å². The van der Waals surface area contributed by atoms with Crippen LogP contribution in [0.3, 0.4) is 0 Å². The first-order valence-electron chi connectivity index (χ1n) is 5.42. The van der Waals surface area contributed by atoms with Crippen molar-refractivity contribution in [2.75, 3.05) is 18.0 Å². The minimum absolute atomic E-state index is 0.152. The molecular formula is C10H13N3OS2. The standard InChI is InChI=1S/C10H13N3OS2/c14-9-3-6(15)5-13(9)10-12-7-1-2-11-4-8(7)16-10/h6,11,15H,1-5H2. The van der Waals surface area contributed by atoms with Gasteiger partial charge in [-0.3, -0.25) is 9.69 Å². The molecule has 0 spiro atoms. The maximum atomic E-state index is 11.7.